The molecule has 21 heavy (non-hydrogen) atoms. The molecule has 1 aromatic carbocycles. The van der Waals surface area contributed by atoms with Crippen LogP contribution in [0.1, 0.15) is 37.7 Å². The first-order valence-electron chi connectivity index (χ1n) is 7.20. The first kappa shape index (κ1) is 16.8. The number of amides is 1. The van der Waals surface area contributed by atoms with Gasteiger partial charge in [0, 0.05) is 12.6 Å². The summed E-state index contributed by atoms with van der Waals surface area (Å²) >= 11 is 6.89. The molecule has 3 N–H and O–H groups in total. The van der Waals surface area contributed by atoms with Gasteiger partial charge in [0.2, 0.25) is 0 Å². The van der Waals surface area contributed by atoms with E-state index in [1.165, 1.54) is 19.3 Å². The number of carbonyl (C=O) groups excluding carboxylic acids is 1. The largest absolute Gasteiger partial charge is 0.481 e. The fraction of sp³-hybridized carbons (Fsp3) is 0.533. The van der Waals surface area contributed by atoms with Crippen molar-refractivity contribution in [1.29, 1.82) is 0 Å². The van der Waals surface area contributed by atoms with Crippen LogP contribution >= 0.6 is 31.9 Å². The van der Waals surface area contributed by atoms with E-state index in [2.05, 4.69) is 37.2 Å². The maximum absolute atomic E-state index is 11.9. The minimum atomic E-state index is -0.0661. The van der Waals surface area contributed by atoms with Crippen LogP contribution in [0.2, 0.25) is 0 Å². The summed E-state index contributed by atoms with van der Waals surface area (Å²) in [6, 6.07) is 4.11. The molecule has 1 fully saturated rings. The predicted molar refractivity (Wildman–Crippen MR) is 90.2 cm³/mol. The number of rotatable bonds is 5. The number of hydrogen-bond donors (Lipinski definition) is 2. The molecule has 1 aromatic rings. The fourth-order valence-electron chi connectivity index (χ4n) is 2.52. The monoisotopic (exact) mass is 418 g/mol. The van der Waals surface area contributed by atoms with Crippen LogP contribution in [0, 0.1) is 0 Å². The molecular formula is C15H20Br2N2O2. The highest BCUT2D eigenvalue weighted by Crippen LogP contribution is 2.34. The second kappa shape index (κ2) is 8.15. The summed E-state index contributed by atoms with van der Waals surface area (Å²) in [5, 5.41) is 3.04. The molecule has 0 heterocycles. The molecule has 0 aromatic heterocycles. The van der Waals surface area contributed by atoms with Crippen molar-refractivity contribution in [2.24, 2.45) is 5.73 Å². The maximum atomic E-state index is 11.9. The molecule has 1 amide bonds. The summed E-state index contributed by atoms with van der Waals surface area (Å²) in [5.41, 5.74) is 6.61. The molecule has 1 aliphatic carbocycles. The van der Waals surface area contributed by atoms with Crippen LogP contribution in [0.25, 0.3) is 0 Å². The molecule has 6 heteroatoms. The van der Waals surface area contributed by atoms with Gasteiger partial charge >= 0.3 is 0 Å². The van der Waals surface area contributed by atoms with Gasteiger partial charge in [-0.3, -0.25) is 4.79 Å². The third kappa shape index (κ3) is 4.97. The zero-order chi connectivity index (χ0) is 15.2. The highest BCUT2D eigenvalue weighted by molar-refractivity contribution is 9.11. The molecule has 0 unspecified atom stereocenters. The molecule has 1 saturated carbocycles. The topological polar surface area (TPSA) is 64.3 Å². The quantitative estimate of drug-likeness (QED) is 0.767. The Morgan fingerprint density at radius 1 is 1.24 bits per heavy atom. The molecule has 1 aliphatic rings. The van der Waals surface area contributed by atoms with Gasteiger partial charge in [0.05, 0.1) is 8.95 Å². The third-order valence-electron chi connectivity index (χ3n) is 3.61. The summed E-state index contributed by atoms with van der Waals surface area (Å²) in [4.78, 5) is 11.9. The molecule has 0 atom stereocenters. The minimum absolute atomic E-state index is 0.0235. The van der Waals surface area contributed by atoms with Crippen LogP contribution in [-0.4, -0.2) is 18.6 Å². The first-order chi connectivity index (χ1) is 10.1. The van der Waals surface area contributed by atoms with Crippen molar-refractivity contribution in [3.05, 3.63) is 26.6 Å². The van der Waals surface area contributed by atoms with Gasteiger partial charge in [-0.1, -0.05) is 19.3 Å². The van der Waals surface area contributed by atoms with E-state index in [4.69, 9.17) is 10.5 Å². The molecule has 0 radical (unpaired) electrons. The Kier molecular flexibility index (Phi) is 6.51. The van der Waals surface area contributed by atoms with Crippen molar-refractivity contribution in [1.82, 2.24) is 5.32 Å². The highest BCUT2D eigenvalue weighted by atomic mass is 79.9. The first-order valence-corrected chi connectivity index (χ1v) is 8.79. The molecule has 0 bridgehead atoms. The van der Waals surface area contributed by atoms with Crippen LogP contribution in [0.4, 0.5) is 0 Å². The van der Waals surface area contributed by atoms with Crippen LogP contribution in [0.3, 0.4) is 0 Å². The van der Waals surface area contributed by atoms with Gasteiger partial charge in [0.25, 0.3) is 5.91 Å². The lowest BCUT2D eigenvalue weighted by Gasteiger charge is -2.22. The van der Waals surface area contributed by atoms with E-state index < -0.39 is 0 Å². The van der Waals surface area contributed by atoms with Crippen molar-refractivity contribution in [2.75, 3.05) is 6.61 Å². The fourth-order valence-corrected chi connectivity index (χ4v) is 4.03. The lowest BCUT2D eigenvalue weighted by Crippen LogP contribution is -2.39. The van der Waals surface area contributed by atoms with Crippen LogP contribution in [-0.2, 0) is 11.3 Å². The van der Waals surface area contributed by atoms with Crippen molar-refractivity contribution in [3.8, 4) is 5.75 Å². The van der Waals surface area contributed by atoms with Crippen LogP contribution < -0.4 is 15.8 Å². The second-order valence-electron chi connectivity index (χ2n) is 5.28. The predicted octanol–water partition coefficient (Wildman–Crippen LogP) is 3.50. The van der Waals surface area contributed by atoms with Gasteiger partial charge in [-0.25, -0.2) is 0 Å². The summed E-state index contributed by atoms with van der Waals surface area (Å²) in [6.45, 7) is 0.481. The molecule has 0 spiro atoms. The Hall–Kier alpha value is -0.590. The van der Waals surface area contributed by atoms with Gasteiger partial charge in [-0.15, -0.1) is 0 Å². The molecule has 4 nitrogen and oxygen atoms in total. The lowest BCUT2D eigenvalue weighted by atomic mass is 9.95. The molecule has 116 valence electrons. The summed E-state index contributed by atoms with van der Waals surface area (Å²) in [6.07, 6.45) is 5.82. The third-order valence-corrected chi connectivity index (χ3v) is 4.79. The number of halogens is 2. The van der Waals surface area contributed by atoms with Crippen molar-refractivity contribution < 1.29 is 9.53 Å². The standard InChI is InChI=1S/C15H20Br2N2O2/c16-12-6-10(8-18)7-13(17)15(12)21-9-14(20)19-11-4-2-1-3-5-11/h6-7,11H,1-5,8-9,18H2,(H,19,20). The molecule has 2 rings (SSSR count). The van der Waals surface area contributed by atoms with Crippen molar-refractivity contribution in [2.45, 2.75) is 44.7 Å². The van der Waals surface area contributed by atoms with Gasteiger partial charge < -0.3 is 15.8 Å². The van der Waals surface area contributed by atoms with E-state index in [0.717, 1.165) is 27.4 Å². The molecule has 0 saturated heterocycles. The molecule has 0 aliphatic heterocycles. The van der Waals surface area contributed by atoms with E-state index in [-0.39, 0.29) is 12.5 Å². The van der Waals surface area contributed by atoms with E-state index >= 15 is 0 Å². The maximum Gasteiger partial charge on any atom is 0.258 e. The smallest absolute Gasteiger partial charge is 0.258 e. The van der Waals surface area contributed by atoms with Gasteiger partial charge in [0.1, 0.15) is 5.75 Å². The summed E-state index contributed by atoms with van der Waals surface area (Å²) < 4.78 is 7.21. The van der Waals surface area contributed by atoms with E-state index in [9.17, 15) is 4.79 Å². The Balaban J connectivity index is 1.88. The number of hydrogen-bond acceptors (Lipinski definition) is 3. The Labute approximate surface area is 142 Å². The minimum Gasteiger partial charge on any atom is -0.481 e. The van der Waals surface area contributed by atoms with E-state index in [0.29, 0.717) is 18.3 Å². The van der Waals surface area contributed by atoms with E-state index in [1.807, 2.05) is 12.1 Å². The van der Waals surface area contributed by atoms with E-state index in [1.54, 1.807) is 0 Å². The number of benzene rings is 1. The van der Waals surface area contributed by atoms with Gasteiger partial charge in [-0.2, -0.15) is 0 Å². The average molecular weight is 420 g/mol. The zero-order valence-corrected chi connectivity index (χ0v) is 15.0. The van der Waals surface area contributed by atoms with Gasteiger partial charge in [0.15, 0.2) is 6.61 Å². The highest BCUT2D eigenvalue weighted by Gasteiger charge is 2.17. The SMILES string of the molecule is NCc1cc(Br)c(OCC(=O)NC2CCCCC2)c(Br)c1. The number of nitrogens with one attached hydrogen (secondary N) is 1. The van der Waals surface area contributed by atoms with Crippen molar-refractivity contribution >= 4 is 37.8 Å². The number of carbonyl (C=O) groups is 1. The summed E-state index contributed by atoms with van der Waals surface area (Å²) in [5.74, 6) is 0.564. The lowest BCUT2D eigenvalue weighted by molar-refractivity contribution is -0.124. The van der Waals surface area contributed by atoms with Crippen LogP contribution in [0.15, 0.2) is 21.1 Å². The Morgan fingerprint density at radius 3 is 2.43 bits per heavy atom. The molecular weight excluding hydrogens is 400 g/mol. The Morgan fingerprint density at radius 2 is 1.86 bits per heavy atom. The number of nitrogens with two attached hydrogens (primary N) is 1. The second-order valence-corrected chi connectivity index (χ2v) is 6.99. The number of ether oxygens (including phenoxy) is 1. The van der Waals surface area contributed by atoms with Crippen molar-refractivity contribution in [3.63, 3.8) is 0 Å². The zero-order valence-electron chi connectivity index (χ0n) is 11.8. The normalized spacial score (nSPS) is 15.8. The summed E-state index contributed by atoms with van der Waals surface area (Å²) in [7, 11) is 0. The Bertz CT molecular complexity index is 479. The average Bonchev–Trinajstić information content (AvgIpc) is 2.47. The van der Waals surface area contributed by atoms with Gasteiger partial charge in [-0.05, 0) is 62.4 Å². The van der Waals surface area contributed by atoms with Crippen LogP contribution in [0.5, 0.6) is 5.75 Å².